The van der Waals surface area contributed by atoms with Crippen LogP contribution in [0.15, 0.2) is 18.2 Å². The van der Waals surface area contributed by atoms with Gasteiger partial charge in [0.1, 0.15) is 5.69 Å². The smallest absolute Gasteiger partial charge is 0.353 e. The summed E-state index contributed by atoms with van der Waals surface area (Å²) < 4.78 is 0. The van der Waals surface area contributed by atoms with E-state index in [2.05, 4.69) is 4.98 Å². The van der Waals surface area contributed by atoms with Gasteiger partial charge in [-0.1, -0.05) is 12.1 Å². The zero-order chi connectivity index (χ0) is 11.9. The third kappa shape index (κ3) is 1.48. The minimum Gasteiger partial charge on any atom is -0.477 e. The first kappa shape index (κ1) is 10.4. The number of carboxylic acids is 1. The number of aromatic carboxylic acids is 1. The number of carbonyl (C=O) groups excluding carboxylic acids is 1. The maximum Gasteiger partial charge on any atom is 0.353 e. The number of carboxylic acid groups (broad SMARTS) is 1. The van der Waals surface area contributed by atoms with Crippen LogP contribution in [-0.2, 0) is 0 Å². The van der Waals surface area contributed by atoms with E-state index in [0.29, 0.717) is 10.9 Å². The molecule has 1 aromatic heterocycles. The number of rotatable bonds is 2. The van der Waals surface area contributed by atoms with Crippen molar-refractivity contribution in [1.82, 2.24) is 4.98 Å². The van der Waals surface area contributed by atoms with Gasteiger partial charge in [-0.05, 0) is 25.5 Å². The number of H-pyrrole nitrogens is 1. The van der Waals surface area contributed by atoms with Crippen molar-refractivity contribution in [2.75, 3.05) is 0 Å². The third-order valence-corrected chi connectivity index (χ3v) is 2.52. The van der Waals surface area contributed by atoms with Gasteiger partial charge in [-0.2, -0.15) is 0 Å². The second-order valence-corrected chi connectivity index (χ2v) is 3.79. The van der Waals surface area contributed by atoms with E-state index in [-0.39, 0.29) is 17.0 Å². The fourth-order valence-corrected chi connectivity index (χ4v) is 1.84. The van der Waals surface area contributed by atoms with E-state index in [4.69, 9.17) is 5.11 Å². The number of aryl methyl sites for hydroxylation is 1. The maximum absolute atomic E-state index is 11.4. The van der Waals surface area contributed by atoms with E-state index < -0.39 is 5.97 Å². The van der Waals surface area contributed by atoms with Crippen molar-refractivity contribution in [1.29, 1.82) is 0 Å². The van der Waals surface area contributed by atoms with Gasteiger partial charge in [0, 0.05) is 10.9 Å². The average molecular weight is 217 g/mol. The van der Waals surface area contributed by atoms with E-state index in [0.717, 1.165) is 5.56 Å². The van der Waals surface area contributed by atoms with Gasteiger partial charge in [-0.25, -0.2) is 4.79 Å². The van der Waals surface area contributed by atoms with Crippen LogP contribution in [0.3, 0.4) is 0 Å². The molecule has 0 atom stereocenters. The molecule has 1 aromatic carbocycles. The lowest BCUT2D eigenvalue weighted by Gasteiger charge is -1.95. The van der Waals surface area contributed by atoms with Crippen LogP contribution in [0.5, 0.6) is 0 Å². The fourth-order valence-electron chi connectivity index (χ4n) is 1.84. The summed E-state index contributed by atoms with van der Waals surface area (Å²) in [5.74, 6) is -1.36. The summed E-state index contributed by atoms with van der Waals surface area (Å²) in [5, 5.41) is 9.66. The van der Waals surface area contributed by atoms with Crippen LogP contribution < -0.4 is 0 Å². The van der Waals surface area contributed by atoms with Crippen LogP contribution in [-0.4, -0.2) is 21.8 Å². The highest BCUT2D eigenvalue weighted by atomic mass is 16.4. The van der Waals surface area contributed by atoms with Gasteiger partial charge in [0.05, 0.1) is 5.56 Å². The van der Waals surface area contributed by atoms with Crippen LogP contribution in [0, 0.1) is 6.92 Å². The molecule has 0 amide bonds. The molecule has 0 aliphatic rings. The molecule has 4 nitrogen and oxygen atoms in total. The summed E-state index contributed by atoms with van der Waals surface area (Å²) in [6.45, 7) is 3.28. The lowest BCUT2D eigenvalue weighted by Crippen LogP contribution is -2.04. The number of hydrogen-bond acceptors (Lipinski definition) is 2. The largest absolute Gasteiger partial charge is 0.477 e. The summed E-state index contributed by atoms with van der Waals surface area (Å²) in [6.07, 6.45) is 0. The van der Waals surface area contributed by atoms with Gasteiger partial charge >= 0.3 is 5.97 Å². The highest BCUT2D eigenvalue weighted by molar-refractivity contribution is 6.14. The highest BCUT2D eigenvalue weighted by Crippen LogP contribution is 2.24. The summed E-state index contributed by atoms with van der Waals surface area (Å²) in [7, 11) is 0. The number of benzene rings is 1. The lowest BCUT2D eigenvalue weighted by molar-refractivity contribution is 0.0687. The minimum absolute atomic E-state index is 0.0342. The molecule has 82 valence electrons. The molecule has 0 aliphatic heterocycles. The monoisotopic (exact) mass is 217 g/mol. The lowest BCUT2D eigenvalue weighted by atomic mass is 10.1. The summed E-state index contributed by atoms with van der Waals surface area (Å²) in [4.78, 5) is 25.2. The van der Waals surface area contributed by atoms with Gasteiger partial charge in [-0.3, -0.25) is 4.79 Å². The Bertz CT molecular complexity index is 596. The minimum atomic E-state index is -1.11. The Kier molecular flexibility index (Phi) is 2.27. The number of hydrogen-bond donors (Lipinski definition) is 2. The summed E-state index contributed by atoms with van der Waals surface area (Å²) in [5.41, 5.74) is 1.92. The molecule has 2 aromatic rings. The second-order valence-electron chi connectivity index (χ2n) is 3.79. The number of carbonyl (C=O) groups is 2. The number of Topliss-reactive ketones (excluding diaryl/α,β-unsaturated/α-hetero) is 1. The quantitative estimate of drug-likeness (QED) is 0.758. The van der Waals surface area contributed by atoms with Crippen molar-refractivity contribution < 1.29 is 14.7 Å². The van der Waals surface area contributed by atoms with E-state index in [1.165, 1.54) is 6.92 Å². The van der Waals surface area contributed by atoms with Crippen LogP contribution >= 0.6 is 0 Å². The average Bonchev–Trinajstić information content (AvgIpc) is 2.55. The van der Waals surface area contributed by atoms with Gasteiger partial charge in [-0.15, -0.1) is 0 Å². The first-order valence-corrected chi connectivity index (χ1v) is 4.87. The second kappa shape index (κ2) is 3.48. The van der Waals surface area contributed by atoms with E-state index in [1.54, 1.807) is 6.07 Å². The molecular weight excluding hydrogens is 206 g/mol. The number of nitrogens with one attached hydrogen (secondary N) is 1. The van der Waals surface area contributed by atoms with Crippen LogP contribution in [0.1, 0.15) is 33.3 Å². The molecule has 0 fully saturated rings. The van der Waals surface area contributed by atoms with Gasteiger partial charge in [0.15, 0.2) is 5.78 Å². The van der Waals surface area contributed by atoms with Gasteiger partial charge < -0.3 is 10.1 Å². The van der Waals surface area contributed by atoms with Gasteiger partial charge in [0.25, 0.3) is 0 Å². The SMILES string of the molecule is CC(=O)c1c(C(=O)O)[nH]c2cc(C)ccc12. The Morgan fingerprint density at radius 2 is 2.00 bits per heavy atom. The molecular formula is C12H11NO3. The Labute approximate surface area is 91.9 Å². The number of ketones is 1. The zero-order valence-electron chi connectivity index (χ0n) is 9.00. The molecule has 0 unspecified atom stereocenters. The predicted molar refractivity (Wildman–Crippen MR) is 60.0 cm³/mol. The van der Waals surface area contributed by atoms with Crippen LogP contribution in [0.4, 0.5) is 0 Å². The third-order valence-electron chi connectivity index (χ3n) is 2.52. The molecule has 0 spiro atoms. The highest BCUT2D eigenvalue weighted by Gasteiger charge is 2.19. The van der Waals surface area contributed by atoms with Crippen molar-refractivity contribution in [3.63, 3.8) is 0 Å². The first-order valence-electron chi connectivity index (χ1n) is 4.87. The van der Waals surface area contributed by atoms with Crippen molar-refractivity contribution in [3.8, 4) is 0 Å². The van der Waals surface area contributed by atoms with Crippen molar-refractivity contribution in [2.24, 2.45) is 0 Å². The molecule has 0 saturated carbocycles. The molecule has 0 bridgehead atoms. The Morgan fingerprint density at radius 3 is 2.56 bits per heavy atom. The molecule has 0 aliphatic carbocycles. The summed E-state index contributed by atoms with van der Waals surface area (Å²) >= 11 is 0. The normalized spacial score (nSPS) is 10.6. The predicted octanol–water partition coefficient (Wildman–Crippen LogP) is 2.38. The molecule has 1 heterocycles. The first-order chi connectivity index (χ1) is 7.50. The Balaban J connectivity index is 2.86. The number of aromatic nitrogens is 1. The Morgan fingerprint density at radius 1 is 1.31 bits per heavy atom. The fraction of sp³-hybridized carbons (Fsp3) is 0.167. The molecule has 2 rings (SSSR count). The number of aromatic amines is 1. The Hall–Kier alpha value is -2.10. The van der Waals surface area contributed by atoms with Gasteiger partial charge in [0.2, 0.25) is 0 Å². The van der Waals surface area contributed by atoms with E-state index >= 15 is 0 Å². The van der Waals surface area contributed by atoms with Crippen LogP contribution in [0.25, 0.3) is 10.9 Å². The van der Waals surface area contributed by atoms with Crippen LogP contribution in [0.2, 0.25) is 0 Å². The molecule has 0 radical (unpaired) electrons. The topological polar surface area (TPSA) is 70.2 Å². The van der Waals surface area contributed by atoms with E-state index in [1.807, 2.05) is 19.1 Å². The molecule has 4 heteroatoms. The van der Waals surface area contributed by atoms with Crippen molar-refractivity contribution in [3.05, 3.63) is 35.0 Å². The maximum atomic E-state index is 11.4. The van der Waals surface area contributed by atoms with E-state index in [9.17, 15) is 9.59 Å². The molecule has 0 saturated heterocycles. The zero-order valence-corrected chi connectivity index (χ0v) is 9.00. The molecule has 16 heavy (non-hydrogen) atoms. The van der Waals surface area contributed by atoms with Crippen molar-refractivity contribution >= 4 is 22.7 Å². The summed E-state index contributed by atoms with van der Waals surface area (Å²) in [6, 6.07) is 5.45. The molecule has 2 N–H and O–H groups in total. The van der Waals surface area contributed by atoms with Crippen molar-refractivity contribution in [2.45, 2.75) is 13.8 Å². The standard InChI is InChI=1S/C12H11NO3/c1-6-3-4-8-9(5-6)13-11(12(15)16)10(8)7(2)14/h3-5,13H,1-2H3,(H,15,16). The number of fused-ring (bicyclic) bond motifs is 1.